The molecule has 3 rings (SSSR count). The summed E-state index contributed by atoms with van der Waals surface area (Å²) < 4.78 is 39.3. The smallest absolute Gasteiger partial charge is 0.379 e. The maximum Gasteiger partial charge on any atom is 0.418 e. The normalized spacial score (nSPS) is 11.5. The van der Waals surface area contributed by atoms with Crippen LogP contribution in [0.2, 0.25) is 0 Å². The number of fused-ring (bicyclic) bond motifs is 1. The van der Waals surface area contributed by atoms with E-state index in [2.05, 4.69) is 15.3 Å². The van der Waals surface area contributed by atoms with Gasteiger partial charge in [0, 0.05) is 23.0 Å². The molecule has 0 aliphatic carbocycles. The van der Waals surface area contributed by atoms with Crippen LogP contribution >= 0.6 is 0 Å². The fourth-order valence-electron chi connectivity index (χ4n) is 2.74. The van der Waals surface area contributed by atoms with Crippen molar-refractivity contribution in [3.8, 4) is 0 Å². The van der Waals surface area contributed by atoms with Gasteiger partial charge < -0.3 is 11.1 Å². The van der Waals surface area contributed by atoms with E-state index in [1.165, 1.54) is 12.3 Å². The van der Waals surface area contributed by atoms with Crippen molar-refractivity contribution in [3.63, 3.8) is 0 Å². The van der Waals surface area contributed by atoms with Crippen molar-refractivity contribution in [1.29, 1.82) is 0 Å². The lowest BCUT2D eigenvalue weighted by molar-refractivity contribution is -0.138. The van der Waals surface area contributed by atoms with Crippen LogP contribution in [0.4, 0.5) is 18.9 Å². The SMILES string of the molecule is Cc1cc(NCc2ncccc2C(F)(F)F)c2cccc(C(N)=O)c2n1. The monoisotopic (exact) mass is 360 g/mol. The van der Waals surface area contributed by atoms with Crippen LogP contribution < -0.4 is 11.1 Å². The van der Waals surface area contributed by atoms with Crippen molar-refractivity contribution in [2.24, 2.45) is 5.73 Å². The second-order valence-corrected chi connectivity index (χ2v) is 5.73. The molecule has 0 aliphatic heterocycles. The van der Waals surface area contributed by atoms with Gasteiger partial charge in [0.15, 0.2) is 0 Å². The van der Waals surface area contributed by atoms with Gasteiger partial charge in [-0.2, -0.15) is 13.2 Å². The lowest BCUT2D eigenvalue weighted by Gasteiger charge is -2.15. The van der Waals surface area contributed by atoms with Crippen LogP contribution in [0, 0.1) is 6.92 Å². The van der Waals surface area contributed by atoms with Crippen LogP contribution in [0.15, 0.2) is 42.6 Å². The maximum atomic E-state index is 13.1. The Bertz CT molecular complexity index is 986. The van der Waals surface area contributed by atoms with E-state index in [4.69, 9.17) is 5.73 Å². The number of hydrogen-bond donors (Lipinski definition) is 2. The Morgan fingerprint density at radius 2 is 2.00 bits per heavy atom. The van der Waals surface area contributed by atoms with Gasteiger partial charge in [0.1, 0.15) is 0 Å². The van der Waals surface area contributed by atoms with E-state index in [1.54, 1.807) is 31.2 Å². The summed E-state index contributed by atoms with van der Waals surface area (Å²) in [7, 11) is 0. The van der Waals surface area contributed by atoms with Crippen molar-refractivity contribution in [2.75, 3.05) is 5.32 Å². The lowest BCUT2D eigenvalue weighted by atomic mass is 10.1. The highest BCUT2D eigenvalue weighted by molar-refractivity contribution is 6.07. The van der Waals surface area contributed by atoms with Gasteiger partial charge in [-0.3, -0.25) is 14.8 Å². The summed E-state index contributed by atoms with van der Waals surface area (Å²) in [4.78, 5) is 19.8. The number of aryl methyl sites for hydroxylation is 1. The Balaban J connectivity index is 2.01. The number of aromatic nitrogens is 2. The molecule has 0 spiro atoms. The number of para-hydroxylation sites is 1. The third-order valence-corrected chi connectivity index (χ3v) is 3.87. The second-order valence-electron chi connectivity index (χ2n) is 5.73. The average molecular weight is 360 g/mol. The first-order chi connectivity index (χ1) is 12.3. The molecule has 0 radical (unpaired) electrons. The molecule has 5 nitrogen and oxygen atoms in total. The number of primary amides is 1. The molecule has 0 fully saturated rings. The van der Waals surface area contributed by atoms with Gasteiger partial charge in [-0.15, -0.1) is 0 Å². The molecule has 2 heterocycles. The zero-order valence-electron chi connectivity index (χ0n) is 13.8. The van der Waals surface area contributed by atoms with Gasteiger partial charge in [0.25, 0.3) is 5.91 Å². The number of nitrogens with one attached hydrogen (secondary N) is 1. The molecule has 26 heavy (non-hydrogen) atoms. The Morgan fingerprint density at radius 1 is 1.23 bits per heavy atom. The molecular formula is C18H15F3N4O. The third kappa shape index (κ3) is 3.44. The van der Waals surface area contributed by atoms with Crippen LogP contribution in [0.3, 0.4) is 0 Å². The highest BCUT2D eigenvalue weighted by atomic mass is 19.4. The molecule has 0 bridgehead atoms. The summed E-state index contributed by atoms with van der Waals surface area (Å²) in [6.45, 7) is 1.60. The minimum Gasteiger partial charge on any atom is -0.379 e. The molecule has 0 unspecified atom stereocenters. The number of amides is 1. The number of halogens is 3. The van der Waals surface area contributed by atoms with Crippen molar-refractivity contribution >= 4 is 22.5 Å². The predicted molar refractivity (Wildman–Crippen MR) is 91.6 cm³/mol. The number of nitrogens with two attached hydrogens (primary N) is 1. The molecule has 1 amide bonds. The molecule has 3 aromatic rings. The summed E-state index contributed by atoms with van der Waals surface area (Å²) in [5.41, 5.74) is 6.28. The van der Waals surface area contributed by atoms with E-state index < -0.39 is 17.6 Å². The molecule has 3 N–H and O–H groups in total. The van der Waals surface area contributed by atoms with Crippen LogP contribution in [0.1, 0.15) is 27.3 Å². The van der Waals surface area contributed by atoms with Gasteiger partial charge in [0.05, 0.1) is 28.9 Å². The van der Waals surface area contributed by atoms with E-state index in [0.29, 0.717) is 22.3 Å². The fourth-order valence-corrected chi connectivity index (χ4v) is 2.74. The molecule has 0 atom stereocenters. The summed E-state index contributed by atoms with van der Waals surface area (Å²) in [5.74, 6) is -0.622. The number of nitrogens with zero attached hydrogens (tertiary/aromatic N) is 2. The number of benzene rings is 1. The van der Waals surface area contributed by atoms with Crippen LogP contribution in [-0.2, 0) is 12.7 Å². The Labute approximate surface area is 147 Å². The molecule has 0 saturated heterocycles. The Morgan fingerprint density at radius 3 is 2.69 bits per heavy atom. The third-order valence-electron chi connectivity index (χ3n) is 3.87. The first kappa shape index (κ1) is 17.7. The van der Waals surface area contributed by atoms with Gasteiger partial charge in [-0.1, -0.05) is 12.1 Å². The van der Waals surface area contributed by atoms with Crippen molar-refractivity contribution in [3.05, 3.63) is 65.1 Å². The minimum atomic E-state index is -4.49. The predicted octanol–water partition coefficient (Wildman–Crippen LogP) is 3.67. The van der Waals surface area contributed by atoms with Crippen molar-refractivity contribution in [1.82, 2.24) is 9.97 Å². The average Bonchev–Trinajstić information content (AvgIpc) is 2.58. The molecular weight excluding hydrogens is 345 g/mol. The topological polar surface area (TPSA) is 80.9 Å². The number of alkyl halides is 3. The standard InChI is InChI=1S/C18H15F3N4O/c1-10-8-14(11-4-2-5-12(17(22)26)16(11)25-10)24-9-15-13(18(19,20)21)6-3-7-23-15/h2-8H,9H2,1H3,(H2,22,26)(H,24,25). The highest BCUT2D eigenvalue weighted by Gasteiger charge is 2.33. The van der Waals surface area contributed by atoms with E-state index >= 15 is 0 Å². The summed E-state index contributed by atoms with van der Waals surface area (Å²) in [6.07, 6.45) is -3.17. The number of hydrogen-bond acceptors (Lipinski definition) is 4. The summed E-state index contributed by atoms with van der Waals surface area (Å²) in [5, 5.41) is 3.56. The zero-order valence-corrected chi connectivity index (χ0v) is 13.8. The largest absolute Gasteiger partial charge is 0.418 e. The highest BCUT2D eigenvalue weighted by Crippen LogP contribution is 2.32. The second kappa shape index (κ2) is 6.62. The van der Waals surface area contributed by atoms with Crippen LogP contribution in [0.25, 0.3) is 10.9 Å². The van der Waals surface area contributed by atoms with Gasteiger partial charge >= 0.3 is 6.18 Å². The molecule has 1 aromatic carbocycles. The van der Waals surface area contributed by atoms with Crippen LogP contribution in [0.5, 0.6) is 0 Å². The molecule has 134 valence electrons. The quantitative estimate of drug-likeness (QED) is 0.744. The Kier molecular flexibility index (Phi) is 4.50. The number of anilines is 1. The van der Waals surface area contributed by atoms with E-state index in [1.807, 2.05) is 0 Å². The lowest BCUT2D eigenvalue weighted by Crippen LogP contribution is -2.14. The first-order valence-electron chi connectivity index (χ1n) is 7.72. The van der Waals surface area contributed by atoms with Gasteiger partial charge in [-0.25, -0.2) is 0 Å². The van der Waals surface area contributed by atoms with Gasteiger partial charge in [0.2, 0.25) is 0 Å². The molecule has 8 heteroatoms. The fraction of sp³-hybridized carbons (Fsp3) is 0.167. The number of carbonyl (C=O) groups excluding carboxylic acids is 1. The summed E-state index contributed by atoms with van der Waals surface area (Å²) >= 11 is 0. The first-order valence-corrected chi connectivity index (χ1v) is 7.72. The number of rotatable bonds is 4. The molecule has 0 aliphatic rings. The van der Waals surface area contributed by atoms with E-state index in [0.717, 1.165) is 6.07 Å². The zero-order chi connectivity index (χ0) is 18.9. The summed E-state index contributed by atoms with van der Waals surface area (Å²) in [6, 6.07) is 8.86. The van der Waals surface area contributed by atoms with E-state index in [-0.39, 0.29) is 17.8 Å². The molecule has 0 saturated carbocycles. The minimum absolute atomic E-state index is 0.117. The number of pyridine rings is 2. The van der Waals surface area contributed by atoms with Crippen LogP contribution in [-0.4, -0.2) is 15.9 Å². The maximum absolute atomic E-state index is 13.1. The van der Waals surface area contributed by atoms with Crippen molar-refractivity contribution in [2.45, 2.75) is 19.6 Å². The van der Waals surface area contributed by atoms with Crippen molar-refractivity contribution < 1.29 is 18.0 Å². The number of carbonyl (C=O) groups is 1. The van der Waals surface area contributed by atoms with Gasteiger partial charge in [-0.05, 0) is 31.2 Å². The van der Waals surface area contributed by atoms with E-state index in [9.17, 15) is 18.0 Å². The molecule has 2 aromatic heterocycles. The Hall–Kier alpha value is -3.16.